The largest absolute Gasteiger partial charge is 0.353 e. The molecule has 1 N–H and O–H groups in total. The van der Waals surface area contributed by atoms with Gasteiger partial charge in [-0.3, -0.25) is 4.79 Å². The summed E-state index contributed by atoms with van der Waals surface area (Å²) in [5.74, 6) is 1.53. The van der Waals surface area contributed by atoms with E-state index >= 15 is 0 Å². The highest BCUT2D eigenvalue weighted by Crippen LogP contribution is 2.24. The molecule has 5 nitrogen and oxygen atoms in total. The summed E-state index contributed by atoms with van der Waals surface area (Å²) in [7, 11) is 0. The number of anilines is 1. The minimum Gasteiger partial charge on any atom is -0.353 e. The van der Waals surface area contributed by atoms with Gasteiger partial charge in [-0.1, -0.05) is 20.8 Å². The Morgan fingerprint density at radius 2 is 2.33 bits per heavy atom. The van der Waals surface area contributed by atoms with Gasteiger partial charge < -0.3 is 10.2 Å². The normalized spacial score (nSPS) is 18.8. The fourth-order valence-electron chi connectivity index (χ4n) is 2.36. The lowest BCUT2D eigenvalue weighted by Crippen LogP contribution is -2.41. The molecule has 0 unspecified atom stereocenters. The van der Waals surface area contributed by atoms with Crippen LogP contribution in [0.2, 0.25) is 0 Å². The van der Waals surface area contributed by atoms with Gasteiger partial charge in [-0.2, -0.15) is 5.10 Å². The summed E-state index contributed by atoms with van der Waals surface area (Å²) in [6.07, 6.45) is 3.90. The zero-order valence-electron chi connectivity index (χ0n) is 13.0. The van der Waals surface area contributed by atoms with Crippen molar-refractivity contribution in [2.75, 3.05) is 23.7 Å². The predicted molar refractivity (Wildman–Crippen MR) is 87.6 cm³/mol. The first-order chi connectivity index (χ1) is 9.96. The van der Waals surface area contributed by atoms with Gasteiger partial charge in [-0.05, 0) is 25.0 Å². The van der Waals surface area contributed by atoms with Gasteiger partial charge in [0.25, 0.3) is 0 Å². The number of amides is 1. The van der Waals surface area contributed by atoms with E-state index in [1.165, 1.54) is 0 Å². The molecule has 0 bridgehead atoms. The van der Waals surface area contributed by atoms with Crippen molar-refractivity contribution in [3.8, 4) is 0 Å². The Balaban J connectivity index is 1.81. The van der Waals surface area contributed by atoms with Crippen LogP contribution in [-0.2, 0) is 4.79 Å². The summed E-state index contributed by atoms with van der Waals surface area (Å²) in [6.45, 7) is 8.03. The average molecular weight is 308 g/mol. The van der Waals surface area contributed by atoms with Crippen LogP contribution in [0.1, 0.15) is 33.6 Å². The van der Waals surface area contributed by atoms with Gasteiger partial charge in [-0.15, -0.1) is 16.9 Å². The number of carbonyl (C=O) groups is 1. The Bertz CT molecular complexity index is 460. The lowest BCUT2D eigenvalue weighted by Gasteiger charge is -2.25. The number of hydrogen-bond donors (Lipinski definition) is 1. The first-order valence-corrected chi connectivity index (χ1v) is 8.39. The third kappa shape index (κ3) is 5.19. The maximum atomic E-state index is 11.9. The molecule has 0 radical (unpaired) electrons. The molecule has 6 heteroatoms. The molecule has 1 aliphatic rings. The summed E-state index contributed by atoms with van der Waals surface area (Å²) >= 11 is 1.67. The van der Waals surface area contributed by atoms with Crippen molar-refractivity contribution in [2.45, 2.75) is 44.4 Å². The van der Waals surface area contributed by atoms with E-state index in [4.69, 9.17) is 0 Å². The van der Waals surface area contributed by atoms with Gasteiger partial charge in [0.05, 0.1) is 5.75 Å². The van der Waals surface area contributed by atoms with Crippen LogP contribution < -0.4 is 10.2 Å². The van der Waals surface area contributed by atoms with E-state index in [9.17, 15) is 4.79 Å². The van der Waals surface area contributed by atoms with Crippen LogP contribution in [0.15, 0.2) is 18.3 Å². The van der Waals surface area contributed by atoms with E-state index in [1.54, 1.807) is 18.0 Å². The second-order valence-electron chi connectivity index (χ2n) is 6.28. The van der Waals surface area contributed by atoms with Gasteiger partial charge in [0.1, 0.15) is 0 Å². The average Bonchev–Trinajstić information content (AvgIpc) is 2.91. The Morgan fingerprint density at radius 3 is 3.00 bits per heavy atom. The smallest absolute Gasteiger partial charge is 0.230 e. The van der Waals surface area contributed by atoms with Crippen LogP contribution in [0, 0.1) is 0 Å². The van der Waals surface area contributed by atoms with Crippen LogP contribution in [-0.4, -0.2) is 45.7 Å². The highest BCUT2D eigenvalue weighted by atomic mass is 32.2. The molecular formula is C15H24N4OS. The van der Waals surface area contributed by atoms with Gasteiger partial charge in [0, 0.05) is 30.1 Å². The first-order valence-electron chi connectivity index (χ1n) is 7.41. The zero-order chi connectivity index (χ0) is 15.3. The van der Waals surface area contributed by atoms with Crippen molar-refractivity contribution < 1.29 is 4.79 Å². The molecule has 1 amide bonds. The molecule has 1 aromatic rings. The number of hydrogen-bond acceptors (Lipinski definition) is 5. The number of carbonyl (C=O) groups excluding carboxylic acids is 1. The molecule has 116 valence electrons. The second-order valence-corrected chi connectivity index (χ2v) is 8.08. The molecular weight excluding hydrogens is 284 g/mol. The lowest BCUT2D eigenvalue weighted by molar-refractivity contribution is -0.118. The minimum atomic E-state index is 0.112. The van der Waals surface area contributed by atoms with Gasteiger partial charge >= 0.3 is 0 Å². The van der Waals surface area contributed by atoms with Crippen molar-refractivity contribution in [2.24, 2.45) is 0 Å². The summed E-state index contributed by atoms with van der Waals surface area (Å²) in [6, 6.07) is 4.20. The van der Waals surface area contributed by atoms with Gasteiger partial charge in [0.15, 0.2) is 5.82 Å². The van der Waals surface area contributed by atoms with E-state index in [2.05, 4.69) is 41.2 Å². The Morgan fingerprint density at radius 1 is 1.52 bits per heavy atom. The standard InChI is InChI=1S/C15H24N4OS/c1-15(2,3)21-11-14(20)16-10-12-6-5-9-19(12)13-7-4-8-17-18-13/h4,7-8,12H,5-6,9-11H2,1-3H3,(H,16,20)/t12-/m1/s1. The molecule has 2 heterocycles. The number of nitrogens with zero attached hydrogens (tertiary/aromatic N) is 3. The third-order valence-electron chi connectivity index (χ3n) is 3.40. The van der Waals surface area contributed by atoms with E-state index in [0.717, 1.165) is 25.2 Å². The molecule has 1 aliphatic heterocycles. The van der Waals surface area contributed by atoms with Crippen LogP contribution in [0.4, 0.5) is 5.82 Å². The lowest BCUT2D eigenvalue weighted by atomic mass is 10.2. The Labute approximate surface area is 130 Å². The summed E-state index contributed by atoms with van der Waals surface area (Å²) < 4.78 is 0.121. The van der Waals surface area contributed by atoms with Crippen molar-refractivity contribution >= 4 is 23.5 Å². The van der Waals surface area contributed by atoms with Gasteiger partial charge in [-0.25, -0.2) is 0 Å². The van der Waals surface area contributed by atoms with Gasteiger partial charge in [0.2, 0.25) is 5.91 Å². The molecule has 1 aromatic heterocycles. The fraction of sp³-hybridized carbons (Fsp3) is 0.667. The SMILES string of the molecule is CC(C)(C)SCC(=O)NC[C@H]1CCCN1c1cccnn1. The Kier molecular flexibility index (Phi) is 5.45. The quantitative estimate of drug-likeness (QED) is 0.902. The number of thioether (sulfide) groups is 1. The minimum absolute atomic E-state index is 0.112. The molecule has 0 spiro atoms. The predicted octanol–water partition coefficient (Wildman–Crippen LogP) is 2.09. The maximum absolute atomic E-state index is 11.9. The van der Waals surface area contributed by atoms with Crippen LogP contribution in [0.5, 0.6) is 0 Å². The number of nitrogens with one attached hydrogen (secondary N) is 1. The van der Waals surface area contributed by atoms with Crippen LogP contribution in [0.3, 0.4) is 0 Å². The molecule has 0 aliphatic carbocycles. The summed E-state index contributed by atoms with van der Waals surface area (Å²) in [5, 5.41) is 11.1. The van der Waals surface area contributed by atoms with Crippen molar-refractivity contribution in [1.82, 2.24) is 15.5 Å². The summed E-state index contributed by atoms with van der Waals surface area (Å²) in [4.78, 5) is 14.2. The maximum Gasteiger partial charge on any atom is 0.230 e. The molecule has 0 saturated carbocycles. The Hall–Kier alpha value is -1.30. The highest BCUT2D eigenvalue weighted by Gasteiger charge is 2.26. The molecule has 0 aromatic carbocycles. The molecule has 1 saturated heterocycles. The van der Waals surface area contributed by atoms with Crippen molar-refractivity contribution in [3.63, 3.8) is 0 Å². The van der Waals surface area contributed by atoms with Crippen LogP contribution in [0.25, 0.3) is 0 Å². The van der Waals surface area contributed by atoms with E-state index in [0.29, 0.717) is 18.3 Å². The van der Waals surface area contributed by atoms with E-state index < -0.39 is 0 Å². The zero-order valence-corrected chi connectivity index (χ0v) is 13.8. The van der Waals surface area contributed by atoms with Crippen LogP contribution >= 0.6 is 11.8 Å². The third-order valence-corrected chi connectivity index (χ3v) is 4.67. The molecule has 1 fully saturated rings. The molecule has 1 atom stereocenters. The number of aromatic nitrogens is 2. The first kappa shape index (κ1) is 16.1. The molecule has 21 heavy (non-hydrogen) atoms. The fourth-order valence-corrected chi connectivity index (χ4v) is 3.03. The summed E-state index contributed by atoms with van der Waals surface area (Å²) in [5.41, 5.74) is 0. The van der Waals surface area contributed by atoms with Crippen molar-refractivity contribution in [3.05, 3.63) is 18.3 Å². The number of rotatable bonds is 5. The monoisotopic (exact) mass is 308 g/mol. The topological polar surface area (TPSA) is 58.1 Å². The highest BCUT2D eigenvalue weighted by molar-refractivity contribution is 8.01. The second kappa shape index (κ2) is 7.11. The van der Waals surface area contributed by atoms with E-state index in [1.807, 2.05) is 12.1 Å². The van der Waals surface area contributed by atoms with Crippen molar-refractivity contribution in [1.29, 1.82) is 0 Å². The molecule has 2 rings (SSSR count). The van der Waals surface area contributed by atoms with E-state index in [-0.39, 0.29) is 10.7 Å².